The van der Waals surface area contributed by atoms with Crippen LogP contribution in [0.4, 0.5) is 5.82 Å². The average Bonchev–Trinajstić information content (AvgIpc) is 3.75. The van der Waals surface area contributed by atoms with E-state index in [9.17, 15) is 9.59 Å². The molecule has 1 N–H and O–H groups in total. The third kappa shape index (κ3) is 9.83. The number of fused-ring (bicyclic) bond motifs is 2. The van der Waals surface area contributed by atoms with Gasteiger partial charge in [-0.25, -0.2) is 9.97 Å². The Morgan fingerprint density at radius 1 is 0.925 bits per heavy atom. The predicted octanol–water partition coefficient (Wildman–Crippen LogP) is 8.10. The Kier molecular flexibility index (Phi) is 13.1. The second-order valence-electron chi connectivity index (χ2n) is 18.3. The minimum atomic E-state index is -0.213. The molecule has 0 atom stereocenters. The van der Waals surface area contributed by atoms with Gasteiger partial charge in [-0.15, -0.1) is 10.2 Å². The second-order valence-corrected chi connectivity index (χ2v) is 18.7. The summed E-state index contributed by atoms with van der Waals surface area (Å²) in [7, 11) is 0. The number of amides is 2. The van der Waals surface area contributed by atoms with E-state index >= 15 is 0 Å². The molecule has 2 amide bonds. The van der Waals surface area contributed by atoms with E-state index in [1.807, 2.05) is 35.5 Å². The summed E-state index contributed by atoms with van der Waals surface area (Å²) < 4.78 is 14.0. The number of halogens is 1. The molecule has 0 spiro atoms. The number of rotatable bonds is 11. The van der Waals surface area contributed by atoms with Gasteiger partial charge >= 0.3 is 0 Å². The van der Waals surface area contributed by atoms with E-state index < -0.39 is 0 Å². The fourth-order valence-electron chi connectivity index (χ4n) is 10.1. The number of carbonyl (C=O) groups is 2. The van der Waals surface area contributed by atoms with Crippen LogP contribution in [0.5, 0.6) is 5.75 Å². The van der Waals surface area contributed by atoms with Crippen molar-refractivity contribution in [2.75, 3.05) is 37.7 Å². The molecule has 344 valence electrons. The highest BCUT2D eigenvalue weighted by molar-refractivity contribution is 6.31. The van der Waals surface area contributed by atoms with Crippen molar-refractivity contribution in [3.63, 3.8) is 0 Å². The van der Waals surface area contributed by atoms with E-state index in [0.717, 1.165) is 142 Å². The normalized spacial score (nSPS) is 19.2. The maximum Gasteiger partial charge on any atom is 0.272 e. The van der Waals surface area contributed by atoms with Crippen LogP contribution in [0.1, 0.15) is 104 Å². The van der Waals surface area contributed by atoms with Gasteiger partial charge in [0.25, 0.3) is 5.91 Å². The summed E-state index contributed by atoms with van der Waals surface area (Å²) in [6.07, 6.45) is 13.7. The number of ether oxygens (including phenoxy) is 2. The molecular formula is C51H54ClN11O4. The summed E-state index contributed by atoms with van der Waals surface area (Å²) in [5.41, 5.74) is 7.72. The number of aryl methyl sites for hydroxylation is 1. The highest BCUT2D eigenvalue weighted by Gasteiger charge is 2.31. The van der Waals surface area contributed by atoms with Crippen LogP contribution in [-0.2, 0) is 28.9 Å². The zero-order valence-electron chi connectivity index (χ0n) is 37.7. The zero-order valence-corrected chi connectivity index (χ0v) is 38.5. The van der Waals surface area contributed by atoms with Crippen LogP contribution >= 0.6 is 11.6 Å². The van der Waals surface area contributed by atoms with Crippen LogP contribution in [0.15, 0.2) is 73.1 Å². The SMILES string of the molecule is CC(=O)N1CCc2c(c(-c3cccc4nc(-c5ccc(CCC6CCN(c7ccc(C(=O)NC8CCC(Oc9ccc(C#N)c(Cl)c9)CC8)nn7)CC6)nc5)ncc34)nn2C2CCOCC2)C1. The van der Waals surface area contributed by atoms with Gasteiger partial charge in [-0.3, -0.25) is 19.3 Å². The Balaban J connectivity index is 0.703. The average molecular weight is 921 g/mol. The number of nitriles is 1. The molecule has 4 aromatic heterocycles. The molecule has 0 radical (unpaired) electrons. The molecule has 6 aromatic rings. The number of hydrogen-bond donors (Lipinski definition) is 1. The summed E-state index contributed by atoms with van der Waals surface area (Å²) in [6.45, 7) is 6.12. The molecule has 0 unspecified atom stereocenters. The Morgan fingerprint density at radius 3 is 2.49 bits per heavy atom. The Hall–Kier alpha value is -6.50. The third-order valence-corrected chi connectivity index (χ3v) is 14.3. The minimum absolute atomic E-state index is 0.0272. The van der Waals surface area contributed by atoms with Gasteiger partial charge in [-0.1, -0.05) is 23.7 Å². The number of hydrogen-bond acceptors (Lipinski definition) is 12. The fraction of sp³-hybridized carbons (Fsp3) is 0.431. The summed E-state index contributed by atoms with van der Waals surface area (Å²) in [5.74, 6) is 2.51. The van der Waals surface area contributed by atoms with E-state index in [2.05, 4.69) is 49.4 Å². The van der Waals surface area contributed by atoms with E-state index in [1.165, 1.54) is 5.69 Å². The van der Waals surface area contributed by atoms with Gasteiger partial charge in [0.05, 0.1) is 33.9 Å². The lowest BCUT2D eigenvalue weighted by atomic mass is 9.91. The fourth-order valence-corrected chi connectivity index (χ4v) is 10.3. The van der Waals surface area contributed by atoms with Crippen LogP contribution in [0.2, 0.25) is 5.02 Å². The van der Waals surface area contributed by atoms with E-state index in [4.69, 9.17) is 46.4 Å². The number of benzene rings is 2. The minimum Gasteiger partial charge on any atom is -0.490 e. The lowest BCUT2D eigenvalue weighted by Crippen LogP contribution is -2.40. The third-order valence-electron chi connectivity index (χ3n) is 14.0. The quantitative estimate of drug-likeness (QED) is 0.132. The molecule has 16 heteroatoms. The molecule has 2 aromatic carbocycles. The molecule has 1 saturated carbocycles. The molecule has 7 heterocycles. The van der Waals surface area contributed by atoms with Crippen molar-refractivity contribution in [1.82, 2.24) is 45.1 Å². The molecule has 0 bridgehead atoms. The van der Waals surface area contributed by atoms with Crippen molar-refractivity contribution in [3.8, 4) is 34.5 Å². The second kappa shape index (κ2) is 19.8. The first-order chi connectivity index (χ1) is 32.8. The highest BCUT2D eigenvalue weighted by Crippen LogP contribution is 2.37. The highest BCUT2D eigenvalue weighted by atomic mass is 35.5. The molecule has 67 heavy (non-hydrogen) atoms. The number of aromatic nitrogens is 7. The smallest absolute Gasteiger partial charge is 0.272 e. The van der Waals surface area contributed by atoms with Gasteiger partial charge in [0, 0.05) is 111 Å². The first-order valence-corrected chi connectivity index (χ1v) is 24.0. The number of anilines is 1. The van der Waals surface area contributed by atoms with Crippen molar-refractivity contribution in [2.24, 2.45) is 5.92 Å². The number of piperidine rings is 1. The molecule has 15 nitrogen and oxygen atoms in total. The first kappa shape index (κ1) is 44.3. The molecule has 1 aliphatic carbocycles. The van der Waals surface area contributed by atoms with Gasteiger partial charge in [-0.2, -0.15) is 10.4 Å². The maximum atomic E-state index is 13.1. The topological polar surface area (TPSA) is 177 Å². The lowest BCUT2D eigenvalue weighted by molar-refractivity contribution is -0.129. The van der Waals surface area contributed by atoms with E-state index in [-0.39, 0.29) is 30.0 Å². The van der Waals surface area contributed by atoms with Crippen LogP contribution in [-0.4, -0.2) is 96.6 Å². The van der Waals surface area contributed by atoms with E-state index in [1.54, 1.807) is 31.2 Å². The summed E-state index contributed by atoms with van der Waals surface area (Å²) in [4.78, 5) is 44.4. The molecule has 4 aliphatic rings. The Bertz CT molecular complexity index is 2790. The largest absolute Gasteiger partial charge is 0.490 e. The van der Waals surface area contributed by atoms with Crippen LogP contribution < -0.4 is 15.0 Å². The standard InChI is InChI=1S/C51H54ClN11O4/c1-32(64)62-24-19-47-43(31-62)49(60-63(47)38-20-25-66-26-21-38)41-3-2-4-45-42(41)30-55-50(57-45)35-6-9-36(54-29-35)8-5-33-17-22-61(23-18-33)48-16-15-46(58-59-48)51(65)56-37-10-13-39(14-11-37)67-40-12-7-34(28-53)44(52)27-40/h2-4,6-7,9,12,15-16,27,29-30,33,37-39H,5,8,10-11,13-14,17-26,31H2,1H3,(H,56,65). The van der Waals surface area contributed by atoms with Crippen LogP contribution in [0.3, 0.4) is 0 Å². The van der Waals surface area contributed by atoms with Gasteiger partial charge in [0.15, 0.2) is 17.3 Å². The first-order valence-electron chi connectivity index (χ1n) is 23.7. The zero-order chi connectivity index (χ0) is 45.9. The van der Waals surface area contributed by atoms with Gasteiger partial charge in [0.2, 0.25) is 5.91 Å². The predicted molar refractivity (Wildman–Crippen MR) is 253 cm³/mol. The molecular weight excluding hydrogens is 866 g/mol. The van der Waals surface area contributed by atoms with Crippen molar-refractivity contribution < 1.29 is 19.1 Å². The molecule has 3 fully saturated rings. The van der Waals surface area contributed by atoms with Crippen molar-refractivity contribution in [2.45, 2.75) is 102 Å². The molecule has 2 saturated heterocycles. The van der Waals surface area contributed by atoms with Crippen molar-refractivity contribution in [3.05, 3.63) is 106 Å². The number of nitrogens with one attached hydrogen (secondary N) is 1. The lowest BCUT2D eigenvalue weighted by Gasteiger charge is -2.32. The number of pyridine rings is 1. The Labute approximate surface area is 394 Å². The van der Waals surface area contributed by atoms with E-state index in [0.29, 0.717) is 46.9 Å². The number of nitrogens with zero attached hydrogens (tertiary/aromatic N) is 10. The van der Waals surface area contributed by atoms with Crippen LogP contribution in [0, 0.1) is 17.2 Å². The van der Waals surface area contributed by atoms with Gasteiger partial charge in [-0.05, 0) is 113 Å². The summed E-state index contributed by atoms with van der Waals surface area (Å²) in [6, 6.07) is 21.5. The number of carbonyl (C=O) groups excluding carboxylic acids is 2. The summed E-state index contributed by atoms with van der Waals surface area (Å²) in [5, 5.41) is 27.6. The Morgan fingerprint density at radius 2 is 1.76 bits per heavy atom. The van der Waals surface area contributed by atoms with Gasteiger partial charge < -0.3 is 24.6 Å². The van der Waals surface area contributed by atoms with Crippen molar-refractivity contribution in [1.29, 1.82) is 5.26 Å². The molecule has 3 aliphatic heterocycles. The van der Waals surface area contributed by atoms with Crippen LogP contribution in [0.25, 0.3) is 33.5 Å². The van der Waals surface area contributed by atoms with Crippen molar-refractivity contribution >= 4 is 40.1 Å². The summed E-state index contributed by atoms with van der Waals surface area (Å²) >= 11 is 6.17. The molecule has 10 rings (SSSR count). The van der Waals surface area contributed by atoms with Gasteiger partial charge in [0.1, 0.15) is 11.8 Å². The monoisotopic (exact) mass is 919 g/mol. The maximum absolute atomic E-state index is 13.1.